The molecule has 3 aromatic carbocycles. The molecule has 0 unspecified atom stereocenters. The van der Waals surface area contributed by atoms with Crippen LogP contribution in [0.3, 0.4) is 0 Å². The fourth-order valence-corrected chi connectivity index (χ4v) is 5.96. The predicted octanol–water partition coefficient (Wildman–Crippen LogP) is 6.32. The summed E-state index contributed by atoms with van der Waals surface area (Å²) in [5, 5.41) is 19.7. The van der Waals surface area contributed by atoms with Gasteiger partial charge in [0, 0.05) is 6.54 Å². The minimum atomic E-state index is -0.210. The maximum absolute atomic E-state index is 9.94. The van der Waals surface area contributed by atoms with E-state index in [-0.39, 0.29) is 22.9 Å². The Labute approximate surface area is 205 Å². The Balaban J connectivity index is 1.30. The zero-order chi connectivity index (χ0) is 23.3. The molecule has 2 heterocycles. The van der Waals surface area contributed by atoms with Gasteiger partial charge in [-0.05, 0) is 79.5 Å². The normalized spacial score (nSPS) is 20.7. The van der Waals surface area contributed by atoms with Crippen molar-refractivity contribution in [3.05, 3.63) is 77.9 Å². The summed E-state index contributed by atoms with van der Waals surface area (Å²) >= 11 is 1.67. The topological polar surface area (TPSA) is 62.2 Å². The van der Waals surface area contributed by atoms with Gasteiger partial charge in [-0.25, -0.2) is 0 Å². The Morgan fingerprint density at radius 1 is 0.824 bits per heavy atom. The van der Waals surface area contributed by atoms with Gasteiger partial charge in [-0.3, -0.25) is 4.90 Å². The number of fused-ring (bicyclic) bond motifs is 1. The lowest BCUT2D eigenvalue weighted by atomic mass is 10.00. The third-order valence-electron chi connectivity index (χ3n) is 6.52. The molecule has 0 aromatic heterocycles. The maximum Gasteiger partial charge on any atom is 0.140 e. The summed E-state index contributed by atoms with van der Waals surface area (Å²) in [6.07, 6.45) is 5.06. The first-order chi connectivity index (χ1) is 16.7. The smallest absolute Gasteiger partial charge is 0.140 e. The van der Waals surface area contributed by atoms with Gasteiger partial charge in [-0.15, -0.1) is 11.8 Å². The van der Waals surface area contributed by atoms with Crippen molar-refractivity contribution in [1.29, 1.82) is 0 Å². The highest BCUT2D eigenvalue weighted by Gasteiger charge is 2.33. The Morgan fingerprint density at radius 3 is 2.24 bits per heavy atom. The molecule has 0 aliphatic carbocycles. The molecule has 0 bridgehead atoms. The summed E-state index contributed by atoms with van der Waals surface area (Å²) in [6.45, 7) is 4.02. The van der Waals surface area contributed by atoms with Gasteiger partial charge in [0.15, 0.2) is 0 Å². The number of nitrogens with zero attached hydrogens (tertiary/aromatic N) is 1. The number of hydrogen-bond acceptors (Lipinski definition) is 6. The van der Waals surface area contributed by atoms with Crippen LogP contribution in [0.4, 0.5) is 0 Å². The molecular weight excluding hydrogens is 446 g/mol. The van der Waals surface area contributed by atoms with Gasteiger partial charge in [-0.1, -0.05) is 37.1 Å². The molecule has 178 valence electrons. The second-order valence-electron chi connectivity index (χ2n) is 8.97. The van der Waals surface area contributed by atoms with Crippen molar-refractivity contribution in [3.63, 3.8) is 0 Å². The summed E-state index contributed by atoms with van der Waals surface area (Å²) < 4.78 is 12.5. The Bertz CT molecular complexity index is 1080. The quantitative estimate of drug-likeness (QED) is 0.433. The lowest BCUT2D eigenvalue weighted by Gasteiger charge is -2.34. The van der Waals surface area contributed by atoms with Crippen LogP contribution in [0, 0.1) is 0 Å². The third-order valence-corrected chi connectivity index (χ3v) is 7.86. The van der Waals surface area contributed by atoms with E-state index in [1.165, 1.54) is 38.8 Å². The van der Waals surface area contributed by atoms with E-state index < -0.39 is 0 Å². The fraction of sp³-hybridized carbons (Fsp3) is 0.357. The first kappa shape index (κ1) is 22.9. The molecule has 0 saturated carbocycles. The Hall–Kier alpha value is -2.83. The number of benzene rings is 3. The fourth-order valence-electron chi connectivity index (χ4n) is 4.64. The van der Waals surface area contributed by atoms with E-state index in [1.54, 1.807) is 36.0 Å². The monoisotopic (exact) mass is 477 g/mol. The number of rotatable bonds is 6. The first-order valence-corrected chi connectivity index (χ1v) is 12.9. The minimum Gasteiger partial charge on any atom is -0.508 e. The number of aromatic hydroxyl groups is 2. The van der Waals surface area contributed by atoms with E-state index in [4.69, 9.17) is 9.47 Å². The SMILES string of the molecule is Oc1ccc([C@H]2Sc3cc(O)ccc3O[C@H]2c2ccc(OCCN3CCCCCC3)cc2)cc1. The van der Waals surface area contributed by atoms with Crippen LogP contribution >= 0.6 is 11.8 Å². The van der Waals surface area contributed by atoms with Crippen molar-refractivity contribution in [2.24, 2.45) is 0 Å². The Kier molecular flexibility index (Phi) is 7.16. The lowest BCUT2D eigenvalue weighted by Crippen LogP contribution is -2.29. The van der Waals surface area contributed by atoms with Gasteiger partial charge in [0.1, 0.15) is 35.7 Å². The number of hydrogen-bond donors (Lipinski definition) is 2. The van der Waals surface area contributed by atoms with Crippen molar-refractivity contribution >= 4 is 11.8 Å². The van der Waals surface area contributed by atoms with E-state index in [9.17, 15) is 10.2 Å². The predicted molar refractivity (Wildman–Crippen MR) is 135 cm³/mol. The van der Waals surface area contributed by atoms with Crippen LogP contribution in [0.25, 0.3) is 0 Å². The number of phenols is 2. The van der Waals surface area contributed by atoms with Gasteiger partial charge >= 0.3 is 0 Å². The molecule has 5 nitrogen and oxygen atoms in total. The summed E-state index contributed by atoms with van der Waals surface area (Å²) in [6, 6.07) is 20.7. The second kappa shape index (κ2) is 10.6. The maximum atomic E-state index is 9.94. The molecule has 2 aliphatic heterocycles. The number of ether oxygens (including phenoxy) is 2. The molecule has 2 aliphatic rings. The zero-order valence-electron chi connectivity index (χ0n) is 19.2. The minimum absolute atomic E-state index is 0.0234. The van der Waals surface area contributed by atoms with Gasteiger partial charge < -0.3 is 19.7 Å². The summed E-state index contributed by atoms with van der Waals surface area (Å²) in [5.41, 5.74) is 2.11. The van der Waals surface area contributed by atoms with Crippen LogP contribution in [0.5, 0.6) is 23.0 Å². The van der Waals surface area contributed by atoms with E-state index in [0.29, 0.717) is 6.61 Å². The van der Waals surface area contributed by atoms with Crippen LogP contribution in [-0.2, 0) is 0 Å². The molecule has 2 atom stereocenters. The zero-order valence-corrected chi connectivity index (χ0v) is 20.0. The molecular formula is C28H31NO4S. The van der Waals surface area contributed by atoms with Gasteiger partial charge in [-0.2, -0.15) is 0 Å². The van der Waals surface area contributed by atoms with Crippen molar-refractivity contribution in [2.45, 2.75) is 41.9 Å². The average molecular weight is 478 g/mol. The molecule has 0 amide bonds. The lowest BCUT2D eigenvalue weighted by molar-refractivity contribution is 0.190. The van der Waals surface area contributed by atoms with Crippen LogP contribution in [-0.4, -0.2) is 41.4 Å². The first-order valence-electron chi connectivity index (χ1n) is 12.1. The molecule has 0 radical (unpaired) electrons. The molecule has 5 rings (SSSR count). The molecule has 34 heavy (non-hydrogen) atoms. The summed E-state index contributed by atoms with van der Waals surface area (Å²) in [7, 11) is 0. The summed E-state index contributed by atoms with van der Waals surface area (Å²) in [5.74, 6) is 2.09. The van der Waals surface area contributed by atoms with Crippen LogP contribution in [0.1, 0.15) is 48.2 Å². The summed E-state index contributed by atoms with van der Waals surface area (Å²) in [4.78, 5) is 3.41. The molecule has 1 fully saturated rings. The van der Waals surface area contributed by atoms with Gasteiger partial charge in [0.05, 0.1) is 10.1 Å². The molecule has 3 aromatic rings. The van der Waals surface area contributed by atoms with Gasteiger partial charge in [0.2, 0.25) is 0 Å². The molecule has 0 spiro atoms. The van der Waals surface area contributed by atoms with Crippen molar-refractivity contribution in [3.8, 4) is 23.0 Å². The molecule has 2 N–H and O–H groups in total. The average Bonchev–Trinajstić information content (AvgIpc) is 3.13. The highest BCUT2D eigenvalue weighted by Crippen LogP contribution is 2.54. The third kappa shape index (κ3) is 5.45. The van der Waals surface area contributed by atoms with Crippen LogP contribution in [0.15, 0.2) is 71.6 Å². The second-order valence-corrected chi connectivity index (χ2v) is 10.2. The van der Waals surface area contributed by atoms with Crippen molar-refractivity contribution < 1.29 is 19.7 Å². The van der Waals surface area contributed by atoms with E-state index >= 15 is 0 Å². The van der Waals surface area contributed by atoms with E-state index in [0.717, 1.165) is 34.1 Å². The van der Waals surface area contributed by atoms with Crippen LogP contribution in [0.2, 0.25) is 0 Å². The van der Waals surface area contributed by atoms with E-state index in [1.807, 2.05) is 30.3 Å². The number of phenolic OH excluding ortho intramolecular Hbond substituents is 2. The Morgan fingerprint density at radius 2 is 1.50 bits per heavy atom. The standard InChI is InChI=1S/C28H31NO4S/c30-22-9-5-21(6-10-22)28-27(33-25-14-11-23(31)19-26(25)34-28)20-7-12-24(13-8-20)32-18-17-29-15-3-1-2-4-16-29/h5-14,19,27-28,30-31H,1-4,15-18H2/t27-,28+/m0/s1. The highest BCUT2D eigenvalue weighted by atomic mass is 32.2. The molecule has 1 saturated heterocycles. The van der Waals surface area contributed by atoms with Crippen molar-refractivity contribution in [2.75, 3.05) is 26.2 Å². The number of likely N-dealkylation sites (tertiary alicyclic amines) is 1. The van der Waals surface area contributed by atoms with Crippen LogP contribution < -0.4 is 9.47 Å². The van der Waals surface area contributed by atoms with Crippen molar-refractivity contribution in [1.82, 2.24) is 4.90 Å². The largest absolute Gasteiger partial charge is 0.508 e. The molecule has 6 heteroatoms. The van der Waals surface area contributed by atoms with Gasteiger partial charge in [0.25, 0.3) is 0 Å². The highest BCUT2D eigenvalue weighted by molar-refractivity contribution is 7.99. The van der Waals surface area contributed by atoms with E-state index in [2.05, 4.69) is 17.0 Å². The number of thioether (sulfide) groups is 1.